The second-order valence-electron chi connectivity index (χ2n) is 7.55. The number of rotatable bonds is 6. The fourth-order valence-corrected chi connectivity index (χ4v) is 4.33. The molecule has 1 amide bonds. The standard InChI is InChI=1S/C19H32N4O2/c1-21(17-5-3-2-4-6-17)19(25)15-22-11-8-16(9-12-22)18-7-10-20-23(18)13-14-24/h7,10,16-17,24H,2-6,8-9,11-15H2,1H3. The van der Waals surface area contributed by atoms with E-state index in [1.54, 1.807) is 0 Å². The van der Waals surface area contributed by atoms with Crippen LogP contribution in [-0.2, 0) is 11.3 Å². The number of likely N-dealkylation sites (tertiary alicyclic amines) is 1. The number of aliphatic hydroxyl groups is 1. The zero-order valence-corrected chi connectivity index (χ0v) is 15.4. The second kappa shape index (κ2) is 8.81. The number of amides is 1. The Bertz CT molecular complexity index is 545. The monoisotopic (exact) mass is 348 g/mol. The maximum atomic E-state index is 12.6. The lowest BCUT2D eigenvalue weighted by Crippen LogP contribution is -2.46. The third-order valence-electron chi connectivity index (χ3n) is 5.94. The highest BCUT2D eigenvalue weighted by Crippen LogP contribution is 2.28. The van der Waals surface area contributed by atoms with Crippen LogP contribution in [0.3, 0.4) is 0 Å². The molecular weight excluding hydrogens is 316 g/mol. The van der Waals surface area contributed by atoms with Gasteiger partial charge in [0.25, 0.3) is 0 Å². The lowest BCUT2D eigenvalue weighted by Gasteiger charge is -2.35. The Kier molecular flexibility index (Phi) is 6.48. The number of carbonyl (C=O) groups is 1. The highest BCUT2D eigenvalue weighted by atomic mass is 16.3. The Morgan fingerprint density at radius 3 is 2.64 bits per heavy atom. The van der Waals surface area contributed by atoms with Gasteiger partial charge < -0.3 is 10.0 Å². The zero-order chi connectivity index (χ0) is 17.6. The molecule has 0 spiro atoms. The summed E-state index contributed by atoms with van der Waals surface area (Å²) >= 11 is 0. The van der Waals surface area contributed by atoms with E-state index in [0.717, 1.165) is 25.9 Å². The van der Waals surface area contributed by atoms with Gasteiger partial charge in [-0.1, -0.05) is 19.3 Å². The summed E-state index contributed by atoms with van der Waals surface area (Å²) in [5.41, 5.74) is 1.22. The Morgan fingerprint density at radius 1 is 1.24 bits per heavy atom. The van der Waals surface area contributed by atoms with Crippen molar-refractivity contribution in [1.29, 1.82) is 0 Å². The number of hydrogen-bond donors (Lipinski definition) is 1. The molecule has 0 radical (unpaired) electrons. The molecule has 140 valence electrons. The molecule has 6 heteroatoms. The Hall–Kier alpha value is -1.40. The van der Waals surface area contributed by atoms with Gasteiger partial charge in [0, 0.05) is 30.9 Å². The van der Waals surface area contributed by atoms with Crippen molar-refractivity contribution in [3.8, 4) is 0 Å². The fourth-order valence-electron chi connectivity index (χ4n) is 4.33. The quantitative estimate of drug-likeness (QED) is 0.852. The maximum absolute atomic E-state index is 12.6. The third kappa shape index (κ3) is 4.61. The van der Waals surface area contributed by atoms with Crippen LogP contribution in [0.15, 0.2) is 12.3 Å². The molecular formula is C19H32N4O2. The Morgan fingerprint density at radius 2 is 1.96 bits per heavy atom. The highest BCUT2D eigenvalue weighted by molar-refractivity contribution is 5.78. The number of likely N-dealkylation sites (N-methyl/N-ethyl adjacent to an activating group) is 1. The van der Waals surface area contributed by atoms with Crippen molar-refractivity contribution in [2.24, 2.45) is 0 Å². The molecule has 3 rings (SSSR count). The summed E-state index contributed by atoms with van der Waals surface area (Å²) < 4.78 is 1.92. The second-order valence-corrected chi connectivity index (χ2v) is 7.55. The van der Waals surface area contributed by atoms with E-state index in [4.69, 9.17) is 5.11 Å². The van der Waals surface area contributed by atoms with E-state index in [-0.39, 0.29) is 12.5 Å². The van der Waals surface area contributed by atoms with E-state index < -0.39 is 0 Å². The zero-order valence-electron chi connectivity index (χ0n) is 15.4. The highest BCUT2D eigenvalue weighted by Gasteiger charge is 2.27. The summed E-state index contributed by atoms with van der Waals surface area (Å²) in [7, 11) is 1.98. The van der Waals surface area contributed by atoms with Gasteiger partial charge in [0.1, 0.15) is 0 Å². The molecule has 1 saturated carbocycles. The first-order valence-electron chi connectivity index (χ1n) is 9.79. The van der Waals surface area contributed by atoms with Crippen LogP contribution in [0.1, 0.15) is 56.6 Å². The minimum atomic E-state index is 0.121. The van der Waals surface area contributed by atoms with E-state index in [1.165, 1.54) is 37.8 Å². The smallest absolute Gasteiger partial charge is 0.236 e. The Labute approximate surface area is 150 Å². The minimum absolute atomic E-state index is 0.121. The summed E-state index contributed by atoms with van der Waals surface area (Å²) in [6.45, 7) is 3.15. The van der Waals surface area contributed by atoms with Crippen LogP contribution in [0.5, 0.6) is 0 Å². The summed E-state index contributed by atoms with van der Waals surface area (Å²) in [5.74, 6) is 0.757. The van der Waals surface area contributed by atoms with Crippen molar-refractivity contribution in [3.05, 3.63) is 18.0 Å². The third-order valence-corrected chi connectivity index (χ3v) is 5.94. The van der Waals surface area contributed by atoms with Gasteiger partial charge in [0.2, 0.25) is 5.91 Å². The first-order valence-corrected chi connectivity index (χ1v) is 9.79. The molecule has 1 aliphatic heterocycles. The van der Waals surface area contributed by atoms with Crippen molar-refractivity contribution >= 4 is 5.91 Å². The van der Waals surface area contributed by atoms with Gasteiger partial charge in [-0.25, -0.2) is 0 Å². The minimum Gasteiger partial charge on any atom is -0.394 e. The average Bonchev–Trinajstić information content (AvgIpc) is 3.11. The predicted octanol–water partition coefficient (Wildman–Crippen LogP) is 1.85. The Balaban J connectivity index is 1.47. The molecule has 0 aromatic carbocycles. The van der Waals surface area contributed by atoms with Crippen LogP contribution >= 0.6 is 0 Å². The maximum Gasteiger partial charge on any atom is 0.236 e. The van der Waals surface area contributed by atoms with Crippen molar-refractivity contribution in [2.75, 3.05) is 33.3 Å². The van der Waals surface area contributed by atoms with Gasteiger partial charge in [-0.05, 0) is 44.8 Å². The van der Waals surface area contributed by atoms with Gasteiger partial charge in [-0.15, -0.1) is 0 Å². The lowest BCUT2D eigenvalue weighted by molar-refractivity contribution is -0.134. The van der Waals surface area contributed by atoms with Gasteiger partial charge in [0.15, 0.2) is 0 Å². The topological polar surface area (TPSA) is 61.6 Å². The van der Waals surface area contributed by atoms with Crippen LogP contribution in [0, 0.1) is 0 Å². The molecule has 0 bridgehead atoms. The predicted molar refractivity (Wildman–Crippen MR) is 97.4 cm³/mol. The van der Waals surface area contributed by atoms with Crippen LogP contribution < -0.4 is 0 Å². The molecule has 1 aromatic heterocycles. The SMILES string of the molecule is CN(C(=O)CN1CCC(c2ccnn2CCO)CC1)C1CCCCC1. The summed E-state index contributed by atoms with van der Waals surface area (Å²) in [5, 5.41) is 13.5. The van der Waals surface area contributed by atoms with E-state index in [9.17, 15) is 4.79 Å². The summed E-state index contributed by atoms with van der Waals surface area (Å²) in [4.78, 5) is 16.9. The van der Waals surface area contributed by atoms with Crippen molar-refractivity contribution in [3.63, 3.8) is 0 Å². The molecule has 1 aliphatic carbocycles. The molecule has 6 nitrogen and oxygen atoms in total. The lowest BCUT2D eigenvalue weighted by atomic mass is 9.93. The van der Waals surface area contributed by atoms with Gasteiger partial charge in [-0.2, -0.15) is 5.10 Å². The fraction of sp³-hybridized carbons (Fsp3) is 0.789. The van der Waals surface area contributed by atoms with E-state index in [0.29, 0.717) is 25.0 Å². The van der Waals surface area contributed by atoms with Crippen molar-refractivity contribution in [1.82, 2.24) is 19.6 Å². The number of piperidine rings is 1. The molecule has 0 atom stereocenters. The van der Waals surface area contributed by atoms with Crippen molar-refractivity contribution in [2.45, 2.75) is 63.5 Å². The van der Waals surface area contributed by atoms with Crippen LogP contribution in [0.2, 0.25) is 0 Å². The first-order chi connectivity index (χ1) is 12.2. The van der Waals surface area contributed by atoms with E-state index >= 15 is 0 Å². The van der Waals surface area contributed by atoms with Crippen molar-refractivity contribution < 1.29 is 9.90 Å². The molecule has 1 aromatic rings. The number of hydrogen-bond acceptors (Lipinski definition) is 4. The van der Waals surface area contributed by atoms with E-state index in [2.05, 4.69) is 16.1 Å². The first kappa shape index (κ1) is 18.4. The largest absolute Gasteiger partial charge is 0.394 e. The normalized spacial score (nSPS) is 20.7. The molecule has 2 fully saturated rings. The number of aliphatic hydroxyl groups excluding tert-OH is 1. The summed E-state index contributed by atoms with van der Waals surface area (Å²) in [6, 6.07) is 2.52. The van der Waals surface area contributed by atoms with Gasteiger partial charge >= 0.3 is 0 Å². The average molecular weight is 348 g/mol. The van der Waals surface area contributed by atoms with Crippen LogP contribution in [-0.4, -0.2) is 69.9 Å². The molecule has 2 heterocycles. The van der Waals surface area contributed by atoms with E-state index in [1.807, 2.05) is 22.8 Å². The molecule has 2 aliphatic rings. The molecule has 25 heavy (non-hydrogen) atoms. The molecule has 0 unspecified atom stereocenters. The molecule has 1 saturated heterocycles. The number of nitrogens with zero attached hydrogens (tertiary/aromatic N) is 4. The van der Waals surface area contributed by atoms with Crippen LogP contribution in [0.4, 0.5) is 0 Å². The summed E-state index contributed by atoms with van der Waals surface area (Å²) in [6.07, 6.45) is 10.1. The number of carbonyl (C=O) groups excluding carboxylic acids is 1. The van der Waals surface area contributed by atoms with Crippen LogP contribution in [0.25, 0.3) is 0 Å². The molecule has 1 N–H and O–H groups in total. The van der Waals surface area contributed by atoms with Gasteiger partial charge in [-0.3, -0.25) is 14.4 Å². The van der Waals surface area contributed by atoms with Gasteiger partial charge in [0.05, 0.1) is 19.7 Å². The number of aromatic nitrogens is 2.